The number of benzene rings is 2. The van der Waals surface area contributed by atoms with Crippen molar-refractivity contribution in [3.8, 4) is 0 Å². The summed E-state index contributed by atoms with van der Waals surface area (Å²) in [6.45, 7) is 0. The highest BCUT2D eigenvalue weighted by atomic mass is 35.5. The van der Waals surface area contributed by atoms with Crippen LogP contribution in [0.15, 0.2) is 48.5 Å². The molecule has 0 bridgehead atoms. The van der Waals surface area contributed by atoms with Gasteiger partial charge in [0, 0.05) is 10.0 Å². The van der Waals surface area contributed by atoms with Crippen LogP contribution in [-0.4, -0.2) is 5.78 Å². The number of hydrogen-bond acceptors (Lipinski definition) is 1. The van der Waals surface area contributed by atoms with Crippen LogP contribution in [0.3, 0.4) is 0 Å². The summed E-state index contributed by atoms with van der Waals surface area (Å²) in [7, 11) is 0. The van der Waals surface area contributed by atoms with E-state index in [0.29, 0.717) is 5.78 Å². The van der Waals surface area contributed by atoms with Crippen LogP contribution in [0.25, 0.3) is 0 Å². The molecule has 2 fully saturated rings. The predicted octanol–water partition coefficient (Wildman–Crippen LogP) is 6.11. The maximum absolute atomic E-state index is 13.8. The minimum atomic E-state index is -0.329. The third kappa shape index (κ3) is 2.33. The third-order valence-corrected chi connectivity index (χ3v) is 6.58. The van der Waals surface area contributed by atoms with Crippen molar-refractivity contribution in [3.63, 3.8) is 0 Å². The van der Waals surface area contributed by atoms with Crippen LogP contribution in [0.5, 0.6) is 0 Å². The van der Waals surface area contributed by atoms with Crippen molar-refractivity contribution in [1.29, 1.82) is 0 Å². The van der Waals surface area contributed by atoms with Crippen molar-refractivity contribution < 1.29 is 4.79 Å². The van der Waals surface area contributed by atoms with E-state index >= 15 is 0 Å². The van der Waals surface area contributed by atoms with Crippen LogP contribution >= 0.6 is 23.2 Å². The van der Waals surface area contributed by atoms with E-state index in [4.69, 9.17) is 23.2 Å². The Labute approximate surface area is 153 Å². The average molecular weight is 359 g/mol. The molecule has 0 atom stereocenters. The SMILES string of the molecule is O=C(C1(c2ccc(Cl)cc2)CCC1)C1(c2ccc(Cl)cc2)CCC1. The topological polar surface area (TPSA) is 17.1 Å². The lowest BCUT2D eigenvalue weighted by Crippen LogP contribution is -2.55. The van der Waals surface area contributed by atoms with E-state index in [9.17, 15) is 4.79 Å². The standard InChI is InChI=1S/C21H20Cl2O/c22-17-7-3-15(4-8-17)20(11-1-12-20)19(24)21(13-2-14-21)16-5-9-18(23)10-6-16/h3-10H,1-2,11-14H2. The number of hydrogen-bond donors (Lipinski definition) is 0. The summed E-state index contributed by atoms with van der Waals surface area (Å²) in [6, 6.07) is 15.8. The van der Waals surface area contributed by atoms with Gasteiger partial charge >= 0.3 is 0 Å². The fraction of sp³-hybridized carbons (Fsp3) is 0.381. The van der Waals surface area contributed by atoms with Gasteiger partial charge in [0.25, 0.3) is 0 Å². The average Bonchev–Trinajstić information content (AvgIpc) is 2.49. The van der Waals surface area contributed by atoms with E-state index in [1.54, 1.807) is 0 Å². The Morgan fingerprint density at radius 1 is 0.667 bits per heavy atom. The maximum Gasteiger partial charge on any atom is 0.153 e. The molecule has 3 heteroatoms. The second-order valence-corrected chi connectivity index (χ2v) is 8.09. The zero-order valence-corrected chi connectivity index (χ0v) is 15.0. The van der Waals surface area contributed by atoms with Gasteiger partial charge in [-0.2, -0.15) is 0 Å². The molecule has 0 radical (unpaired) electrons. The molecule has 0 aliphatic heterocycles. The van der Waals surface area contributed by atoms with Gasteiger partial charge in [0.1, 0.15) is 0 Å². The van der Waals surface area contributed by atoms with Crippen LogP contribution < -0.4 is 0 Å². The van der Waals surface area contributed by atoms with Gasteiger partial charge in [-0.15, -0.1) is 0 Å². The molecule has 0 aromatic heterocycles. The molecule has 2 aromatic carbocycles. The number of rotatable bonds is 4. The number of carbonyl (C=O) groups is 1. The molecule has 2 aromatic rings. The van der Waals surface area contributed by atoms with Crippen LogP contribution in [0.4, 0.5) is 0 Å². The number of halogens is 2. The largest absolute Gasteiger partial charge is 0.298 e. The Kier molecular flexibility index (Phi) is 3.97. The minimum Gasteiger partial charge on any atom is -0.298 e. The number of carbonyl (C=O) groups excluding carboxylic acids is 1. The Morgan fingerprint density at radius 3 is 1.25 bits per heavy atom. The summed E-state index contributed by atoms with van der Waals surface area (Å²) < 4.78 is 0. The molecule has 0 heterocycles. The van der Waals surface area contributed by atoms with Crippen molar-refractivity contribution in [3.05, 3.63) is 69.7 Å². The van der Waals surface area contributed by atoms with Gasteiger partial charge in [-0.25, -0.2) is 0 Å². The molecule has 2 aliphatic carbocycles. The van der Waals surface area contributed by atoms with Crippen LogP contribution in [0.1, 0.15) is 49.7 Å². The Bertz CT molecular complexity index is 688. The van der Waals surface area contributed by atoms with Crippen molar-refractivity contribution in [1.82, 2.24) is 0 Å². The summed E-state index contributed by atoms with van der Waals surface area (Å²) in [6.07, 6.45) is 6.02. The molecular weight excluding hydrogens is 339 g/mol. The monoisotopic (exact) mass is 358 g/mol. The van der Waals surface area contributed by atoms with Crippen molar-refractivity contribution >= 4 is 29.0 Å². The van der Waals surface area contributed by atoms with Crippen molar-refractivity contribution in [2.45, 2.75) is 49.4 Å². The maximum atomic E-state index is 13.8. The molecular formula is C21H20Cl2O. The first-order chi connectivity index (χ1) is 11.6. The molecule has 4 rings (SSSR count). The highest BCUT2D eigenvalue weighted by Gasteiger charge is 2.56. The van der Waals surface area contributed by atoms with Gasteiger partial charge < -0.3 is 0 Å². The molecule has 24 heavy (non-hydrogen) atoms. The third-order valence-electron chi connectivity index (χ3n) is 6.08. The van der Waals surface area contributed by atoms with E-state index < -0.39 is 0 Å². The summed E-state index contributed by atoms with van der Waals surface area (Å²) in [5.41, 5.74) is 1.60. The van der Waals surface area contributed by atoms with E-state index in [2.05, 4.69) is 0 Å². The molecule has 0 amide bonds. The quantitative estimate of drug-likeness (QED) is 0.644. The fourth-order valence-corrected chi connectivity index (χ4v) is 4.60. The normalized spacial score (nSPS) is 20.8. The smallest absolute Gasteiger partial charge is 0.153 e. The van der Waals surface area contributed by atoms with Crippen LogP contribution in [-0.2, 0) is 15.6 Å². The first-order valence-corrected chi connectivity index (χ1v) is 9.39. The second-order valence-electron chi connectivity index (χ2n) is 7.21. The van der Waals surface area contributed by atoms with E-state index in [1.807, 2.05) is 48.5 Å². The van der Waals surface area contributed by atoms with Crippen molar-refractivity contribution in [2.75, 3.05) is 0 Å². The molecule has 1 nitrogen and oxygen atoms in total. The molecule has 2 saturated carbocycles. The minimum absolute atomic E-state index is 0.329. The molecule has 0 unspecified atom stereocenters. The zero-order chi connectivity index (χ0) is 16.8. The van der Waals surface area contributed by atoms with Gasteiger partial charge in [0.05, 0.1) is 10.8 Å². The van der Waals surface area contributed by atoms with Gasteiger partial charge in [0.15, 0.2) is 5.78 Å². The molecule has 0 N–H and O–H groups in total. The van der Waals surface area contributed by atoms with Crippen molar-refractivity contribution in [2.24, 2.45) is 0 Å². The Morgan fingerprint density at radius 2 is 1.00 bits per heavy atom. The highest BCUT2D eigenvalue weighted by molar-refractivity contribution is 6.30. The predicted molar refractivity (Wildman–Crippen MR) is 99.0 cm³/mol. The van der Waals surface area contributed by atoms with Gasteiger partial charge in [0.2, 0.25) is 0 Å². The van der Waals surface area contributed by atoms with Gasteiger partial charge in [-0.3, -0.25) is 4.79 Å². The summed E-state index contributed by atoms with van der Waals surface area (Å²) >= 11 is 12.1. The first kappa shape index (κ1) is 16.2. The Hall–Kier alpha value is -1.31. The molecule has 0 saturated heterocycles. The Balaban J connectivity index is 1.74. The van der Waals surface area contributed by atoms with E-state index in [0.717, 1.165) is 59.7 Å². The summed E-state index contributed by atoms with van der Waals surface area (Å²) in [5.74, 6) is 0.400. The van der Waals surface area contributed by atoms with Gasteiger partial charge in [-0.05, 0) is 61.1 Å². The molecule has 2 aliphatic rings. The lowest BCUT2D eigenvalue weighted by Gasteiger charge is -2.51. The first-order valence-electron chi connectivity index (χ1n) is 8.64. The fourth-order valence-electron chi connectivity index (χ4n) is 4.35. The number of ketones is 1. The highest BCUT2D eigenvalue weighted by Crippen LogP contribution is 2.55. The van der Waals surface area contributed by atoms with Crippen LogP contribution in [0, 0.1) is 0 Å². The van der Waals surface area contributed by atoms with Crippen LogP contribution in [0.2, 0.25) is 10.0 Å². The van der Waals surface area contributed by atoms with E-state index in [1.165, 1.54) is 0 Å². The molecule has 0 spiro atoms. The number of Topliss-reactive ketones (excluding diaryl/α,β-unsaturated/α-hetero) is 1. The van der Waals surface area contributed by atoms with E-state index in [-0.39, 0.29) is 10.8 Å². The zero-order valence-electron chi connectivity index (χ0n) is 13.5. The second kappa shape index (κ2) is 5.89. The lowest BCUT2D eigenvalue weighted by molar-refractivity contribution is -0.137. The van der Waals surface area contributed by atoms with Gasteiger partial charge in [-0.1, -0.05) is 60.3 Å². The summed E-state index contributed by atoms with van der Waals surface area (Å²) in [5, 5.41) is 1.44. The molecule has 124 valence electrons. The summed E-state index contributed by atoms with van der Waals surface area (Å²) in [4.78, 5) is 13.8. The lowest BCUT2D eigenvalue weighted by atomic mass is 9.50.